The number of fused-ring (bicyclic) bond motifs is 3. The molecule has 0 aliphatic carbocycles. The number of ketones is 1. The summed E-state index contributed by atoms with van der Waals surface area (Å²) in [6.07, 6.45) is 0.936. The van der Waals surface area contributed by atoms with Gasteiger partial charge in [0, 0.05) is 25.1 Å². The lowest BCUT2D eigenvalue weighted by atomic mass is 10.0. The van der Waals surface area contributed by atoms with Crippen LogP contribution in [0.25, 0.3) is 32.3 Å². The van der Waals surface area contributed by atoms with Gasteiger partial charge in [0.2, 0.25) is 0 Å². The first-order chi connectivity index (χ1) is 22.4. The summed E-state index contributed by atoms with van der Waals surface area (Å²) >= 11 is 5.55. The van der Waals surface area contributed by atoms with E-state index in [0.29, 0.717) is 0 Å². The van der Waals surface area contributed by atoms with Crippen molar-refractivity contribution in [3.05, 3.63) is 144 Å². The number of carbonyl (C=O) groups is 2. The van der Waals surface area contributed by atoms with Gasteiger partial charge in [-0.05, 0) is 56.4 Å². The van der Waals surface area contributed by atoms with Crippen molar-refractivity contribution in [3.63, 3.8) is 0 Å². The molecule has 6 heteroatoms. The van der Waals surface area contributed by atoms with Crippen molar-refractivity contribution in [1.29, 1.82) is 0 Å². The molecule has 6 aromatic carbocycles. The van der Waals surface area contributed by atoms with Gasteiger partial charge >= 0.3 is 5.97 Å². The molecule has 0 saturated carbocycles. The summed E-state index contributed by atoms with van der Waals surface area (Å²) < 4.78 is 5.36. The Morgan fingerprint density at radius 1 is 0.630 bits per heavy atom. The van der Waals surface area contributed by atoms with Crippen LogP contribution in [0.1, 0.15) is 28.4 Å². The topological polar surface area (TPSA) is 66.8 Å². The molecule has 1 aliphatic rings. The maximum Gasteiger partial charge on any atom is 0.307 e. The Morgan fingerprint density at radius 3 is 1.54 bits per heavy atom. The van der Waals surface area contributed by atoms with Crippen molar-refractivity contribution in [1.82, 2.24) is 4.90 Å². The molecule has 0 atom stereocenters. The van der Waals surface area contributed by atoms with E-state index in [1.807, 2.05) is 84.9 Å². The largest absolute Gasteiger partial charge is 0.481 e. The summed E-state index contributed by atoms with van der Waals surface area (Å²) in [5.41, 5.74) is 2.91. The number of aliphatic carboxylic acids is 1. The van der Waals surface area contributed by atoms with E-state index in [9.17, 15) is 9.59 Å². The van der Waals surface area contributed by atoms with Gasteiger partial charge in [-0.2, -0.15) is 0 Å². The van der Waals surface area contributed by atoms with Crippen molar-refractivity contribution >= 4 is 61.3 Å². The van der Waals surface area contributed by atoms with Crippen molar-refractivity contribution in [2.75, 3.05) is 26.3 Å². The number of carboxylic acids is 1. The number of carbonyl (C=O) groups excluding carboxylic acids is 1. The Kier molecular flexibility index (Phi) is 11.2. The van der Waals surface area contributed by atoms with Crippen LogP contribution in [0.15, 0.2) is 127 Å². The average molecular weight is 628 g/mol. The van der Waals surface area contributed by atoms with Gasteiger partial charge in [-0.25, -0.2) is 0 Å². The molecule has 1 fully saturated rings. The van der Waals surface area contributed by atoms with E-state index in [1.165, 1.54) is 21.7 Å². The Balaban J connectivity index is 0.000000139. The summed E-state index contributed by atoms with van der Waals surface area (Å²) in [5.74, 6) is -0.675. The summed E-state index contributed by atoms with van der Waals surface area (Å²) in [6, 6.07) is 42.5. The highest BCUT2D eigenvalue weighted by molar-refractivity contribution is 7.80. The standard InChI is InChI=1S/C16H17NOS.C12H10O2.C12H10O/c19-16(17-7-9-18-10-8-17)12-13-5-6-14-3-1-2-4-15(14)11-13;13-12(14)8-9-5-6-10-3-1-2-4-11(10)7-9;1-9(13)11-7-6-10-4-2-3-5-12(10)8-11/h1-6,11H,7-10,12H2;1-7H,8H2,(H,13,14);2-8H,1H3. The van der Waals surface area contributed by atoms with E-state index >= 15 is 0 Å². The smallest absolute Gasteiger partial charge is 0.307 e. The zero-order valence-electron chi connectivity index (χ0n) is 25.9. The molecule has 6 aromatic rings. The molecule has 0 aromatic heterocycles. The van der Waals surface area contributed by atoms with E-state index in [0.717, 1.165) is 65.0 Å². The molecule has 1 heterocycles. The second kappa shape index (κ2) is 15.9. The van der Waals surface area contributed by atoms with E-state index < -0.39 is 5.97 Å². The van der Waals surface area contributed by atoms with Gasteiger partial charge in [0.05, 0.1) is 24.6 Å². The molecule has 0 spiro atoms. The van der Waals surface area contributed by atoms with Crippen LogP contribution in [-0.2, 0) is 22.4 Å². The molecule has 0 bridgehead atoms. The summed E-state index contributed by atoms with van der Waals surface area (Å²) in [4.78, 5) is 24.9. The second-order valence-electron chi connectivity index (χ2n) is 11.2. The summed E-state index contributed by atoms with van der Waals surface area (Å²) in [7, 11) is 0. The lowest BCUT2D eigenvalue weighted by Crippen LogP contribution is -2.40. The van der Waals surface area contributed by atoms with Crippen molar-refractivity contribution in [3.8, 4) is 0 Å². The first-order valence-electron chi connectivity index (χ1n) is 15.4. The predicted molar refractivity (Wildman–Crippen MR) is 192 cm³/mol. The molecular weight excluding hydrogens is 591 g/mol. The van der Waals surface area contributed by atoms with Crippen LogP contribution in [0, 0.1) is 0 Å². The van der Waals surface area contributed by atoms with Crippen LogP contribution in [0.5, 0.6) is 0 Å². The lowest BCUT2D eigenvalue weighted by Gasteiger charge is -2.29. The second-order valence-corrected chi connectivity index (χ2v) is 11.7. The maximum atomic E-state index is 11.1. The number of hydrogen-bond acceptors (Lipinski definition) is 4. The van der Waals surface area contributed by atoms with Gasteiger partial charge in [0.15, 0.2) is 5.78 Å². The first kappa shape index (κ1) is 32.5. The third kappa shape index (κ3) is 9.07. The number of hydrogen-bond donors (Lipinski definition) is 1. The number of nitrogens with zero attached hydrogens (tertiary/aromatic N) is 1. The third-order valence-corrected chi connectivity index (χ3v) is 8.26. The highest BCUT2D eigenvalue weighted by Crippen LogP contribution is 2.18. The number of thiocarbonyl (C=S) groups is 1. The maximum absolute atomic E-state index is 11.1. The number of ether oxygens (including phenoxy) is 1. The molecule has 5 nitrogen and oxygen atoms in total. The van der Waals surface area contributed by atoms with Crippen LogP contribution in [0.2, 0.25) is 0 Å². The predicted octanol–water partition coefficient (Wildman–Crippen LogP) is 8.55. The summed E-state index contributed by atoms with van der Waals surface area (Å²) in [6.45, 7) is 5.01. The van der Waals surface area contributed by atoms with Crippen molar-refractivity contribution < 1.29 is 19.4 Å². The lowest BCUT2D eigenvalue weighted by molar-refractivity contribution is -0.136. The minimum Gasteiger partial charge on any atom is -0.481 e. The Labute approximate surface area is 275 Å². The van der Waals surface area contributed by atoms with Crippen LogP contribution >= 0.6 is 12.2 Å². The zero-order chi connectivity index (χ0) is 32.3. The van der Waals surface area contributed by atoms with E-state index in [2.05, 4.69) is 47.4 Å². The van der Waals surface area contributed by atoms with Crippen LogP contribution in [0.4, 0.5) is 0 Å². The summed E-state index contributed by atoms with van der Waals surface area (Å²) in [5, 5.41) is 15.7. The first-order valence-corrected chi connectivity index (χ1v) is 15.8. The number of carboxylic acid groups (broad SMARTS) is 1. The average Bonchev–Trinajstić information content (AvgIpc) is 3.08. The van der Waals surface area contributed by atoms with Gasteiger partial charge in [0.25, 0.3) is 0 Å². The van der Waals surface area contributed by atoms with Crippen LogP contribution < -0.4 is 0 Å². The third-order valence-electron chi connectivity index (χ3n) is 7.86. The highest BCUT2D eigenvalue weighted by atomic mass is 32.1. The molecular formula is C40H37NO4S. The molecule has 1 N–H and O–H groups in total. The minimum absolute atomic E-state index is 0.0881. The molecule has 1 saturated heterocycles. The molecule has 1 aliphatic heterocycles. The molecule has 0 unspecified atom stereocenters. The van der Waals surface area contributed by atoms with E-state index in [1.54, 1.807) is 6.92 Å². The van der Waals surface area contributed by atoms with Crippen molar-refractivity contribution in [2.45, 2.75) is 19.8 Å². The normalized spacial score (nSPS) is 12.5. The highest BCUT2D eigenvalue weighted by Gasteiger charge is 2.14. The number of rotatable bonds is 5. The minimum atomic E-state index is -0.791. The molecule has 46 heavy (non-hydrogen) atoms. The number of benzene rings is 6. The Bertz CT molecular complexity index is 1980. The van der Waals surface area contributed by atoms with Gasteiger partial charge in [-0.15, -0.1) is 0 Å². The fraction of sp³-hybridized carbons (Fsp3) is 0.175. The van der Waals surface area contributed by atoms with Crippen LogP contribution in [0.3, 0.4) is 0 Å². The van der Waals surface area contributed by atoms with Crippen molar-refractivity contribution in [2.24, 2.45) is 0 Å². The SMILES string of the molecule is CC(=O)c1ccc2ccccc2c1.O=C(O)Cc1ccc2ccccc2c1.S=C(Cc1ccc2ccccc2c1)N1CCOCC1. The van der Waals surface area contributed by atoms with E-state index in [4.69, 9.17) is 22.1 Å². The molecule has 0 amide bonds. The Morgan fingerprint density at radius 2 is 1.07 bits per heavy atom. The quantitative estimate of drug-likeness (QED) is 0.153. The number of morpholine rings is 1. The van der Waals surface area contributed by atoms with Gasteiger partial charge < -0.3 is 14.7 Å². The Hall–Kier alpha value is -4.91. The van der Waals surface area contributed by atoms with Crippen LogP contribution in [-0.4, -0.2) is 53.1 Å². The van der Waals surface area contributed by atoms with Gasteiger partial charge in [-0.1, -0.05) is 134 Å². The molecule has 0 radical (unpaired) electrons. The monoisotopic (exact) mass is 627 g/mol. The van der Waals surface area contributed by atoms with E-state index in [-0.39, 0.29) is 12.2 Å². The molecule has 7 rings (SSSR count). The fourth-order valence-electron chi connectivity index (χ4n) is 5.38. The molecule has 232 valence electrons. The van der Waals surface area contributed by atoms with Gasteiger partial charge in [0.1, 0.15) is 0 Å². The van der Waals surface area contributed by atoms with Gasteiger partial charge in [-0.3, -0.25) is 9.59 Å². The number of Topliss-reactive ketones (excluding diaryl/α,β-unsaturated/α-hetero) is 1. The zero-order valence-corrected chi connectivity index (χ0v) is 26.7. The fourth-order valence-corrected chi connectivity index (χ4v) is 5.73.